The smallest absolute Gasteiger partial charge is 0.438 e. The summed E-state index contributed by atoms with van der Waals surface area (Å²) in [4.78, 5) is 12.6. The molecule has 0 saturated carbocycles. The van der Waals surface area contributed by atoms with Crippen LogP contribution < -0.4 is 9.47 Å². The lowest BCUT2D eigenvalue weighted by Crippen LogP contribution is -2.56. The maximum atomic E-state index is 13.7. The fraction of sp³-hybridized carbons (Fsp3) is 0.300. The summed E-state index contributed by atoms with van der Waals surface area (Å²) < 4.78 is 52.2. The first kappa shape index (κ1) is 20.7. The topological polar surface area (TPSA) is 71.4 Å². The van der Waals surface area contributed by atoms with Crippen LogP contribution in [0.1, 0.15) is 24.0 Å². The summed E-state index contributed by atoms with van der Waals surface area (Å²) in [6.07, 6.45) is -6.02. The van der Waals surface area contributed by atoms with Crippen molar-refractivity contribution >= 4 is 27.5 Å². The number of rotatable bonds is 4. The van der Waals surface area contributed by atoms with Crippen LogP contribution in [-0.4, -0.2) is 40.4 Å². The first-order valence-electron chi connectivity index (χ1n) is 9.01. The molecule has 158 valence electrons. The van der Waals surface area contributed by atoms with Crippen molar-refractivity contribution in [3.8, 4) is 11.5 Å². The number of fused-ring (bicyclic) bond motifs is 1. The van der Waals surface area contributed by atoms with Crippen LogP contribution in [-0.2, 0) is 11.2 Å². The van der Waals surface area contributed by atoms with Gasteiger partial charge in [0.25, 0.3) is 5.72 Å². The van der Waals surface area contributed by atoms with Gasteiger partial charge in [0.05, 0.1) is 12.1 Å². The highest BCUT2D eigenvalue weighted by atomic mass is 79.9. The Bertz CT molecular complexity index is 1010. The summed E-state index contributed by atoms with van der Waals surface area (Å²) in [6, 6.07) is 11.5. The normalized spacial score (nSPS) is 20.4. The number of amides is 1. The third kappa shape index (κ3) is 3.77. The Kier molecular flexibility index (Phi) is 5.23. The van der Waals surface area contributed by atoms with Crippen LogP contribution in [0.15, 0.2) is 52.0 Å². The fourth-order valence-corrected chi connectivity index (χ4v) is 3.55. The van der Waals surface area contributed by atoms with Crippen molar-refractivity contribution in [3.05, 3.63) is 58.1 Å². The predicted molar refractivity (Wildman–Crippen MR) is 104 cm³/mol. The second-order valence-corrected chi connectivity index (χ2v) is 7.85. The van der Waals surface area contributed by atoms with E-state index in [1.165, 1.54) is 0 Å². The minimum atomic E-state index is -5.07. The standard InChI is InChI=1S/C20H16BrF3N2O4/c21-14-5-3-13(4-6-14)15-10-19(28,20(22,23)24)26(25-15)18(27)8-2-12-1-7-16-17(9-12)30-11-29-16/h1,3-7,9,28H,2,8,10-11H2/t19-/m1/s1. The molecule has 0 aromatic heterocycles. The van der Waals surface area contributed by atoms with Gasteiger partial charge in [-0.3, -0.25) is 4.79 Å². The molecule has 1 amide bonds. The first-order valence-corrected chi connectivity index (χ1v) is 9.81. The Hall–Kier alpha value is -2.59. The summed E-state index contributed by atoms with van der Waals surface area (Å²) >= 11 is 3.25. The molecule has 0 spiro atoms. The van der Waals surface area contributed by atoms with Gasteiger partial charge in [-0.25, -0.2) is 0 Å². The molecular formula is C20H16BrF3N2O4. The van der Waals surface area contributed by atoms with Gasteiger partial charge in [-0.2, -0.15) is 23.3 Å². The molecule has 0 bridgehead atoms. The van der Waals surface area contributed by atoms with Gasteiger partial charge in [0, 0.05) is 10.9 Å². The number of nitrogens with zero attached hydrogens (tertiary/aromatic N) is 2. The summed E-state index contributed by atoms with van der Waals surface area (Å²) in [6.45, 7) is 0.0949. The van der Waals surface area contributed by atoms with Gasteiger partial charge < -0.3 is 14.6 Å². The molecule has 0 aliphatic carbocycles. The van der Waals surface area contributed by atoms with Gasteiger partial charge in [0.1, 0.15) is 0 Å². The molecule has 0 unspecified atom stereocenters. The molecule has 6 nitrogen and oxygen atoms in total. The highest BCUT2D eigenvalue weighted by Gasteiger charge is 2.63. The molecular weight excluding hydrogens is 469 g/mol. The van der Waals surface area contributed by atoms with Crippen LogP contribution in [0.5, 0.6) is 11.5 Å². The molecule has 1 N–H and O–H groups in total. The second-order valence-electron chi connectivity index (χ2n) is 6.94. The van der Waals surface area contributed by atoms with Crippen molar-refractivity contribution in [3.63, 3.8) is 0 Å². The number of hydrogen-bond donors (Lipinski definition) is 1. The van der Waals surface area contributed by atoms with Gasteiger partial charge >= 0.3 is 6.18 Å². The van der Waals surface area contributed by atoms with E-state index >= 15 is 0 Å². The van der Waals surface area contributed by atoms with E-state index in [1.807, 2.05) is 0 Å². The third-order valence-corrected chi connectivity index (χ3v) is 5.45. The molecule has 4 rings (SSSR count). The molecule has 2 aromatic rings. The maximum Gasteiger partial charge on any atom is 0.438 e. The number of hydrazone groups is 1. The van der Waals surface area contributed by atoms with Crippen LogP contribution >= 0.6 is 15.9 Å². The quantitative estimate of drug-likeness (QED) is 0.711. The molecule has 30 heavy (non-hydrogen) atoms. The van der Waals surface area contributed by atoms with Crippen LogP contribution in [0, 0.1) is 0 Å². The Morgan fingerprint density at radius 1 is 1.17 bits per heavy atom. The average molecular weight is 485 g/mol. The molecule has 2 aliphatic heterocycles. The Labute approximate surface area is 178 Å². The number of hydrogen-bond acceptors (Lipinski definition) is 5. The van der Waals surface area contributed by atoms with E-state index in [4.69, 9.17) is 9.47 Å². The van der Waals surface area contributed by atoms with E-state index in [0.29, 0.717) is 22.6 Å². The highest BCUT2D eigenvalue weighted by molar-refractivity contribution is 9.10. The zero-order chi connectivity index (χ0) is 21.5. The molecule has 10 heteroatoms. The Morgan fingerprint density at radius 2 is 1.87 bits per heavy atom. The summed E-state index contributed by atoms with van der Waals surface area (Å²) in [7, 11) is 0. The summed E-state index contributed by atoms with van der Waals surface area (Å²) in [5, 5.41) is 14.4. The first-order chi connectivity index (χ1) is 14.2. The van der Waals surface area contributed by atoms with Gasteiger partial charge in [0.15, 0.2) is 11.5 Å². The van der Waals surface area contributed by atoms with Gasteiger partial charge in [0.2, 0.25) is 12.7 Å². The van der Waals surface area contributed by atoms with Crippen molar-refractivity contribution in [2.24, 2.45) is 5.10 Å². The van der Waals surface area contributed by atoms with Crippen LogP contribution in [0.3, 0.4) is 0 Å². The number of carbonyl (C=O) groups is 1. The van der Waals surface area contributed by atoms with Crippen molar-refractivity contribution in [2.75, 3.05) is 6.79 Å². The van der Waals surface area contributed by atoms with Gasteiger partial charge in [-0.15, -0.1) is 0 Å². The number of aliphatic hydroxyl groups is 1. The number of ether oxygens (including phenoxy) is 2. The minimum absolute atomic E-state index is 0.0150. The monoisotopic (exact) mass is 484 g/mol. The van der Waals surface area contributed by atoms with E-state index in [2.05, 4.69) is 21.0 Å². The van der Waals surface area contributed by atoms with Crippen molar-refractivity contribution in [2.45, 2.75) is 31.2 Å². The van der Waals surface area contributed by atoms with E-state index in [1.54, 1.807) is 42.5 Å². The van der Waals surface area contributed by atoms with E-state index in [-0.39, 0.29) is 30.4 Å². The minimum Gasteiger partial charge on any atom is -0.454 e. The van der Waals surface area contributed by atoms with Gasteiger partial charge in [-0.1, -0.05) is 34.1 Å². The molecule has 2 aliphatic rings. The lowest BCUT2D eigenvalue weighted by Gasteiger charge is -2.32. The van der Waals surface area contributed by atoms with E-state index in [0.717, 1.165) is 4.47 Å². The average Bonchev–Trinajstić information content (AvgIpc) is 3.31. The highest BCUT2D eigenvalue weighted by Crippen LogP contribution is 2.42. The lowest BCUT2D eigenvalue weighted by atomic mass is 10.0. The van der Waals surface area contributed by atoms with Crippen molar-refractivity contribution < 1.29 is 32.5 Å². The number of benzene rings is 2. The van der Waals surface area contributed by atoms with Gasteiger partial charge in [-0.05, 0) is 41.8 Å². The number of halogens is 4. The molecule has 0 saturated heterocycles. The zero-order valence-electron chi connectivity index (χ0n) is 15.4. The van der Waals surface area contributed by atoms with E-state index in [9.17, 15) is 23.1 Å². The van der Waals surface area contributed by atoms with Crippen LogP contribution in [0.25, 0.3) is 0 Å². The largest absolute Gasteiger partial charge is 0.454 e. The summed E-state index contributed by atoms with van der Waals surface area (Å²) in [5.74, 6) is 0.155. The third-order valence-electron chi connectivity index (χ3n) is 4.92. The molecule has 1 atom stereocenters. The molecule has 0 radical (unpaired) electrons. The second kappa shape index (κ2) is 7.59. The molecule has 2 heterocycles. The molecule has 0 fully saturated rings. The Balaban J connectivity index is 1.55. The van der Waals surface area contributed by atoms with Crippen LogP contribution in [0.4, 0.5) is 13.2 Å². The number of aryl methyl sites for hydroxylation is 1. The number of carbonyl (C=O) groups excluding carboxylic acids is 1. The SMILES string of the molecule is O=C(CCc1ccc2c(c1)OCO2)N1N=C(c2ccc(Br)cc2)C[C@@]1(O)C(F)(F)F. The van der Waals surface area contributed by atoms with E-state index < -0.39 is 24.2 Å². The zero-order valence-corrected chi connectivity index (χ0v) is 17.0. The molecule has 2 aromatic carbocycles. The lowest BCUT2D eigenvalue weighted by molar-refractivity contribution is -0.302. The summed E-state index contributed by atoms with van der Waals surface area (Å²) in [5.41, 5.74) is -2.31. The Morgan fingerprint density at radius 3 is 2.57 bits per heavy atom. The number of alkyl halides is 3. The van der Waals surface area contributed by atoms with Crippen molar-refractivity contribution in [1.29, 1.82) is 0 Å². The fourth-order valence-electron chi connectivity index (χ4n) is 3.29. The van der Waals surface area contributed by atoms with Crippen molar-refractivity contribution in [1.82, 2.24) is 5.01 Å². The predicted octanol–water partition coefficient (Wildman–Crippen LogP) is 4.00. The van der Waals surface area contributed by atoms with Crippen LogP contribution in [0.2, 0.25) is 0 Å². The maximum absolute atomic E-state index is 13.7.